The minimum Gasteiger partial charge on any atom is -0.507 e. The van der Waals surface area contributed by atoms with Crippen molar-refractivity contribution in [3.63, 3.8) is 0 Å². The fourth-order valence-electron chi connectivity index (χ4n) is 2.96. The third-order valence-electron chi connectivity index (χ3n) is 4.42. The Kier molecular flexibility index (Phi) is 7.60. The van der Waals surface area contributed by atoms with Crippen molar-refractivity contribution >= 4 is 16.7 Å². The summed E-state index contributed by atoms with van der Waals surface area (Å²) >= 11 is 0. The molecule has 1 aromatic carbocycles. The van der Waals surface area contributed by atoms with Gasteiger partial charge in [-0.1, -0.05) is 70.1 Å². The molecule has 3 heteroatoms. The van der Waals surface area contributed by atoms with Gasteiger partial charge in [0, 0.05) is 5.52 Å². The van der Waals surface area contributed by atoms with Gasteiger partial charge in [-0.3, -0.25) is 4.79 Å². The molecule has 0 radical (unpaired) electrons. The van der Waals surface area contributed by atoms with Crippen molar-refractivity contribution in [1.29, 1.82) is 0 Å². The molecule has 0 unspecified atom stereocenters. The Labute approximate surface area is 144 Å². The predicted octanol–water partition coefficient (Wildman–Crippen LogP) is 5.96. The Morgan fingerprint density at radius 1 is 1.04 bits per heavy atom. The zero-order valence-electron chi connectivity index (χ0n) is 14.7. The van der Waals surface area contributed by atoms with E-state index >= 15 is 0 Å². The summed E-state index contributed by atoms with van der Waals surface area (Å²) in [4.78, 5) is 14.9. The topological polar surface area (TPSA) is 53.1 Å². The summed E-state index contributed by atoms with van der Waals surface area (Å²) in [6, 6.07) is 9.36. The molecule has 2 N–H and O–H groups in total. The third-order valence-corrected chi connectivity index (χ3v) is 4.42. The van der Waals surface area contributed by atoms with Gasteiger partial charge in [-0.15, -0.1) is 0 Å². The molecule has 3 nitrogen and oxygen atoms in total. The van der Waals surface area contributed by atoms with E-state index in [-0.39, 0.29) is 11.3 Å². The summed E-state index contributed by atoms with van der Waals surface area (Å²) < 4.78 is 0. The molecule has 0 saturated carbocycles. The average Bonchev–Trinajstić information content (AvgIpc) is 2.59. The number of unbranched alkanes of at least 4 members (excludes halogenated alkanes) is 8. The van der Waals surface area contributed by atoms with Gasteiger partial charge in [-0.05, 0) is 36.4 Å². The zero-order valence-corrected chi connectivity index (χ0v) is 14.7. The van der Waals surface area contributed by atoms with E-state index in [1.807, 2.05) is 24.3 Å². The van der Waals surface area contributed by atoms with Crippen molar-refractivity contribution < 1.29 is 5.11 Å². The van der Waals surface area contributed by atoms with Crippen LogP contribution in [-0.2, 0) is 0 Å². The molecule has 0 fully saturated rings. The Morgan fingerprint density at radius 3 is 2.46 bits per heavy atom. The first kappa shape index (κ1) is 18.3. The normalized spacial score (nSPS) is 12.0. The van der Waals surface area contributed by atoms with Gasteiger partial charge < -0.3 is 10.1 Å². The van der Waals surface area contributed by atoms with Gasteiger partial charge in [-0.2, -0.15) is 0 Å². The lowest BCUT2D eigenvalue weighted by Crippen LogP contribution is -2.11. The number of aromatic amines is 1. The van der Waals surface area contributed by atoms with Gasteiger partial charge in [0.25, 0.3) is 5.56 Å². The number of aliphatic hydroxyl groups excluding tert-OH is 1. The fraction of sp³-hybridized carbons (Fsp3) is 0.476. The second-order valence-corrected chi connectivity index (χ2v) is 6.45. The maximum atomic E-state index is 12.1. The van der Waals surface area contributed by atoms with Gasteiger partial charge in [-0.25, -0.2) is 0 Å². The van der Waals surface area contributed by atoms with E-state index in [0.717, 1.165) is 23.7 Å². The molecule has 24 heavy (non-hydrogen) atoms. The molecule has 0 atom stereocenters. The Balaban J connectivity index is 1.81. The minimum absolute atomic E-state index is 0.0879. The number of aliphatic hydroxyl groups is 1. The molecule has 0 amide bonds. The highest BCUT2D eigenvalue weighted by Crippen LogP contribution is 2.16. The van der Waals surface area contributed by atoms with Gasteiger partial charge >= 0.3 is 0 Å². The van der Waals surface area contributed by atoms with E-state index in [1.165, 1.54) is 44.9 Å². The molecule has 130 valence electrons. The van der Waals surface area contributed by atoms with E-state index in [2.05, 4.69) is 11.9 Å². The highest BCUT2D eigenvalue weighted by molar-refractivity contribution is 5.81. The van der Waals surface area contributed by atoms with Crippen LogP contribution in [0.4, 0.5) is 0 Å². The number of allylic oxidation sites excluding steroid dienone is 1. The second kappa shape index (κ2) is 9.96. The molecule has 2 rings (SSSR count). The van der Waals surface area contributed by atoms with E-state index in [1.54, 1.807) is 12.1 Å². The molecule has 0 spiro atoms. The number of rotatable bonds is 10. The first-order valence-corrected chi connectivity index (χ1v) is 9.24. The van der Waals surface area contributed by atoms with Crippen LogP contribution in [0.5, 0.6) is 0 Å². The van der Waals surface area contributed by atoms with E-state index in [0.29, 0.717) is 5.56 Å². The minimum atomic E-state index is -0.238. The van der Waals surface area contributed by atoms with Crippen molar-refractivity contribution in [2.24, 2.45) is 0 Å². The molecule has 1 heterocycles. The molecular weight excluding hydrogens is 298 g/mol. The SMILES string of the molecule is CCCCCCCCCCC=C(O)c1cc2ccccc2[nH]c1=O. The maximum Gasteiger partial charge on any atom is 0.259 e. The van der Waals surface area contributed by atoms with Crippen LogP contribution < -0.4 is 5.56 Å². The second-order valence-electron chi connectivity index (χ2n) is 6.45. The monoisotopic (exact) mass is 327 g/mol. The number of H-pyrrole nitrogens is 1. The summed E-state index contributed by atoms with van der Waals surface area (Å²) in [5.74, 6) is 0.0879. The zero-order chi connectivity index (χ0) is 17.2. The number of benzene rings is 1. The van der Waals surface area contributed by atoms with E-state index < -0.39 is 0 Å². The van der Waals surface area contributed by atoms with Gasteiger partial charge in [0.15, 0.2) is 0 Å². The summed E-state index contributed by atoms with van der Waals surface area (Å²) in [6.07, 6.45) is 12.7. The first-order chi connectivity index (χ1) is 11.7. The molecule has 1 aromatic heterocycles. The molecule has 0 saturated heterocycles. The van der Waals surface area contributed by atoms with Crippen molar-refractivity contribution in [2.75, 3.05) is 0 Å². The number of aromatic nitrogens is 1. The van der Waals surface area contributed by atoms with Crippen molar-refractivity contribution in [2.45, 2.75) is 64.7 Å². The lowest BCUT2D eigenvalue weighted by molar-refractivity contribution is 0.506. The maximum absolute atomic E-state index is 12.1. The highest BCUT2D eigenvalue weighted by atomic mass is 16.3. The summed E-state index contributed by atoms with van der Waals surface area (Å²) in [5.41, 5.74) is 0.911. The fourth-order valence-corrected chi connectivity index (χ4v) is 2.96. The van der Waals surface area contributed by atoms with Gasteiger partial charge in [0.1, 0.15) is 5.76 Å². The quantitative estimate of drug-likeness (QED) is 0.418. The molecule has 0 aliphatic heterocycles. The highest BCUT2D eigenvalue weighted by Gasteiger charge is 2.06. The predicted molar refractivity (Wildman–Crippen MR) is 102 cm³/mol. The van der Waals surface area contributed by atoms with Crippen LogP contribution >= 0.6 is 0 Å². The van der Waals surface area contributed by atoms with Crippen LogP contribution in [0.3, 0.4) is 0 Å². The van der Waals surface area contributed by atoms with Crippen LogP contribution in [0.1, 0.15) is 70.3 Å². The molecule has 0 aliphatic carbocycles. The number of hydrogen-bond donors (Lipinski definition) is 2. The summed E-state index contributed by atoms with van der Waals surface area (Å²) in [5, 5.41) is 11.1. The van der Waals surface area contributed by atoms with Crippen molar-refractivity contribution in [3.05, 3.63) is 52.3 Å². The smallest absolute Gasteiger partial charge is 0.259 e. The first-order valence-electron chi connectivity index (χ1n) is 9.24. The van der Waals surface area contributed by atoms with Gasteiger partial charge in [0.05, 0.1) is 5.56 Å². The van der Waals surface area contributed by atoms with Crippen molar-refractivity contribution in [1.82, 2.24) is 4.98 Å². The standard InChI is InChI=1S/C21H29NO2/c1-2-3-4-5-6-7-8-9-10-15-20(23)18-16-17-13-11-12-14-19(17)22-21(18)24/h11-16,23H,2-10H2,1H3,(H,22,24). The largest absolute Gasteiger partial charge is 0.507 e. The van der Waals surface area contributed by atoms with E-state index in [4.69, 9.17) is 0 Å². The number of hydrogen-bond acceptors (Lipinski definition) is 2. The number of fused-ring (bicyclic) bond motifs is 1. The lowest BCUT2D eigenvalue weighted by atomic mass is 10.1. The average molecular weight is 327 g/mol. The number of pyridine rings is 1. The van der Waals surface area contributed by atoms with Crippen LogP contribution in [0.25, 0.3) is 16.7 Å². The molecule has 0 bridgehead atoms. The van der Waals surface area contributed by atoms with Crippen LogP contribution in [0.15, 0.2) is 41.2 Å². The van der Waals surface area contributed by atoms with E-state index in [9.17, 15) is 9.90 Å². The third kappa shape index (κ3) is 5.55. The molecule has 2 aromatic rings. The molecular formula is C21H29NO2. The molecule has 0 aliphatic rings. The summed E-state index contributed by atoms with van der Waals surface area (Å²) in [7, 11) is 0. The number of nitrogens with one attached hydrogen (secondary N) is 1. The summed E-state index contributed by atoms with van der Waals surface area (Å²) in [6.45, 7) is 2.24. The van der Waals surface area contributed by atoms with Gasteiger partial charge in [0.2, 0.25) is 0 Å². The Bertz CT molecular complexity index is 715. The Hall–Kier alpha value is -2.03. The lowest BCUT2D eigenvalue weighted by Gasteiger charge is -2.03. The number of para-hydroxylation sites is 1. The van der Waals surface area contributed by atoms with Crippen LogP contribution in [0.2, 0.25) is 0 Å². The van der Waals surface area contributed by atoms with Crippen molar-refractivity contribution in [3.8, 4) is 0 Å². The Morgan fingerprint density at radius 2 is 1.71 bits per heavy atom. The van der Waals surface area contributed by atoms with Crippen LogP contribution in [0, 0.1) is 0 Å². The van der Waals surface area contributed by atoms with Crippen LogP contribution in [-0.4, -0.2) is 10.1 Å².